The average Bonchev–Trinajstić information content (AvgIpc) is 2.87. The first kappa shape index (κ1) is 12.2. The van der Waals surface area contributed by atoms with E-state index >= 15 is 0 Å². The predicted octanol–water partition coefficient (Wildman–Crippen LogP) is 0.879. The summed E-state index contributed by atoms with van der Waals surface area (Å²) in [7, 11) is 0. The zero-order chi connectivity index (χ0) is 13.3. The summed E-state index contributed by atoms with van der Waals surface area (Å²) in [6, 6.07) is 5.57. The minimum Gasteiger partial charge on any atom is -0.396 e. The summed E-state index contributed by atoms with van der Waals surface area (Å²) in [4.78, 5) is 6.39. The number of ether oxygens (including phenoxy) is 2. The Bertz CT molecular complexity index is 520. The van der Waals surface area contributed by atoms with Gasteiger partial charge in [0.05, 0.1) is 25.4 Å². The molecule has 2 saturated heterocycles. The molecule has 2 aliphatic rings. The number of piperidine rings is 1. The lowest BCUT2D eigenvalue weighted by molar-refractivity contribution is -0.161. The van der Waals surface area contributed by atoms with Crippen molar-refractivity contribution in [1.82, 2.24) is 4.98 Å². The van der Waals surface area contributed by atoms with Crippen LogP contribution < -0.4 is 10.6 Å². The molecule has 1 aromatic heterocycles. The molecule has 2 aliphatic heterocycles. The Kier molecular flexibility index (Phi) is 3.01. The molecule has 1 spiro atoms. The van der Waals surface area contributed by atoms with Crippen LogP contribution in [0.1, 0.15) is 18.5 Å². The van der Waals surface area contributed by atoms with Crippen LogP contribution in [0.25, 0.3) is 0 Å². The molecule has 0 saturated carbocycles. The molecule has 6 heteroatoms. The standard InChI is InChI=1S/C13H16N4O2/c14-8-11-10(15)2-3-12(16-11)17-5-1-4-13(9-17)18-6-7-19-13/h2-3H,1,4-7,9,15H2. The summed E-state index contributed by atoms with van der Waals surface area (Å²) in [5.41, 5.74) is 6.37. The number of anilines is 2. The van der Waals surface area contributed by atoms with Gasteiger partial charge in [0.1, 0.15) is 11.9 Å². The van der Waals surface area contributed by atoms with Crippen LogP contribution in [-0.2, 0) is 9.47 Å². The molecule has 2 N–H and O–H groups in total. The normalized spacial score (nSPS) is 21.5. The first-order valence-corrected chi connectivity index (χ1v) is 6.42. The molecule has 100 valence electrons. The monoisotopic (exact) mass is 260 g/mol. The first-order chi connectivity index (χ1) is 9.22. The van der Waals surface area contributed by atoms with Crippen molar-refractivity contribution in [3.05, 3.63) is 17.8 Å². The van der Waals surface area contributed by atoms with Crippen LogP contribution in [0.4, 0.5) is 11.5 Å². The second-order valence-electron chi connectivity index (χ2n) is 4.85. The number of nitriles is 1. The van der Waals surface area contributed by atoms with Crippen molar-refractivity contribution < 1.29 is 9.47 Å². The number of nitrogens with zero attached hydrogens (tertiary/aromatic N) is 3. The van der Waals surface area contributed by atoms with Gasteiger partial charge in [-0.05, 0) is 18.6 Å². The van der Waals surface area contributed by atoms with Gasteiger partial charge in [-0.2, -0.15) is 5.26 Å². The lowest BCUT2D eigenvalue weighted by atomic mass is 10.0. The van der Waals surface area contributed by atoms with Crippen molar-refractivity contribution in [3.8, 4) is 6.07 Å². The highest BCUT2D eigenvalue weighted by molar-refractivity contribution is 5.55. The Balaban J connectivity index is 1.84. The molecular formula is C13H16N4O2. The Morgan fingerprint density at radius 2 is 2.16 bits per heavy atom. The fraction of sp³-hybridized carbons (Fsp3) is 0.538. The molecule has 0 radical (unpaired) electrons. The van der Waals surface area contributed by atoms with E-state index in [1.165, 1.54) is 0 Å². The molecule has 1 aromatic rings. The second kappa shape index (κ2) is 4.68. The Labute approximate surface area is 111 Å². The fourth-order valence-electron chi connectivity index (χ4n) is 2.64. The molecule has 0 atom stereocenters. The van der Waals surface area contributed by atoms with Gasteiger partial charge >= 0.3 is 0 Å². The smallest absolute Gasteiger partial charge is 0.186 e. The summed E-state index contributed by atoms with van der Waals surface area (Å²) in [6.45, 7) is 2.82. The number of hydrogen-bond acceptors (Lipinski definition) is 6. The number of nitrogen functional groups attached to an aromatic ring is 1. The number of nitrogens with two attached hydrogens (primary N) is 1. The minimum atomic E-state index is -0.492. The lowest BCUT2D eigenvalue weighted by Gasteiger charge is -2.39. The topological polar surface area (TPSA) is 84.4 Å². The van der Waals surface area contributed by atoms with Gasteiger partial charge in [-0.1, -0.05) is 0 Å². The van der Waals surface area contributed by atoms with Gasteiger partial charge in [0.2, 0.25) is 0 Å². The molecule has 6 nitrogen and oxygen atoms in total. The molecule has 3 heterocycles. The van der Waals surface area contributed by atoms with E-state index in [9.17, 15) is 0 Å². The van der Waals surface area contributed by atoms with E-state index < -0.39 is 5.79 Å². The van der Waals surface area contributed by atoms with Gasteiger partial charge in [0.15, 0.2) is 11.5 Å². The summed E-state index contributed by atoms with van der Waals surface area (Å²) in [5, 5.41) is 8.99. The van der Waals surface area contributed by atoms with Crippen molar-refractivity contribution in [1.29, 1.82) is 5.26 Å². The van der Waals surface area contributed by atoms with Crippen molar-refractivity contribution in [2.45, 2.75) is 18.6 Å². The van der Waals surface area contributed by atoms with E-state index in [1.807, 2.05) is 12.1 Å². The lowest BCUT2D eigenvalue weighted by Crippen LogP contribution is -2.49. The number of pyridine rings is 1. The van der Waals surface area contributed by atoms with Crippen LogP contribution >= 0.6 is 0 Å². The fourth-order valence-corrected chi connectivity index (χ4v) is 2.64. The minimum absolute atomic E-state index is 0.269. The highest BCUT2D eigenvalue weighted by atomic mass is 16.7. The van der Waals surface area contributed by atoms with Crippen molar-refractivity contribution in [2.75, 3.05) is 36.9 Å². The SMILES string of the molecule is N#Cc1nc(N2CCCC3(C2)OCCO3)ccc1N. The van der Waals surface area contributed by atoms with E-state index in [-0.39, 0.29) is 5.69 Å². The van der Waals surface area contributed by atoms with Gasteiger partial charge < -0.3 is 20.1 Å². The van der Waals surface area contributed by atoms with Crippen molar-refractivity contribution >= 4 is 11.5 Å². The maximum atomic E-state index is 8.99. The van der Waals surface area contributed by atoms with Crippen molar-refractivity contribution in [2.24, 2.45) is 0 Å². The van der Waals surface area contributed by atoms with Crippen LogP contribution in [0.2, 0.25) is 0 Å². The summed E-state index contributed by atoms with van der Waals surface area (Å²) in [6.07, 6.45) is 1.89. The number of hydrogen-bond donors (Lipinski definition) is 1. The molecule has 2 fully saturated rings. The van der Waals surface area contributed by atoms with E-state index in [0.717, 1.165) is 25.2 Å². The molecule has 0 amide bonds. The summed E-state index contributed by atoms with van der Waals surface area (Å²) >= 11 is 0. The van der Waals surface area contributed by atoms with E-state index in [4.69, 9.17) is 20.5 Å². The highest BCUT2D eigenvalue weighted by Gasteiger charge is 2.41. The van der Waals surface area contributed by atoms with Gasteiger partial charge in [-0.3, -0.25) is 0 Å². The third-order valence-corrected chi connectivity index (χ3v) is 3.57. The van der Waals surface area contributed by atoms with Crippen LogP contribution in [0.3, 0.4) is 0 Å². The first-order valence-electron chi connectivity index (χ1n) is 6.42. The van der Waals surface area contributed by atoms with Crippen LogP contribution in [0, 0.1) is 11.3 Å². The molecule has 19 heavy (non-hydrogen) atoms. The summed E-state index contributed by atoms with van der Waals surface area (Å²) in [5.74, 6) is 0.262. The Morgan fingerprint density at radius 3 is 2.89 bits per heavy atom. The summed E-state index contributed by atoms with van der Waals surface area (Å²) < 4.78 is 11.5. The van der Waals surface area contributed by atoms with Gasteiger partial charge in [0.25, 0.3) is 0 Å². The number of aromatic nitrogens is 1. The van der Waals surface area contributed by atoms with E-state index in [1.54, 1.807) is 6.07 Å². The molecule has 0 unspecified atom stereocenters. The largest absolute Gasteiger partial charge is 0.396 e. The average molecular weight is 260 g/mol. The van der Waals surface area contributed by atoms with Crippen LogP contribution in [0.15, 0.2) is 12.1 Å². The van der Waals surface area contributed by atoms with Crippen molar-refractivity contribution in [3.63, 3.8) is 0 Å². The van der Waals surface area contributed by atoms with Gasteiger partial charge in [-0.25, -0.2) is 4.98 Å². The molecule has 0 aromatic carbocycles. The van der Waals surface area contributed by atoms with E-state index in [0.29, 0.717) is 25.4 Å². The van der Waals surface area contributed by atoms with E-state index in [2.05, 4.69) is 9.88 Å². The zero-order valence-electron chi connectivity index (χ0n) is 10.6. The molecule has 0 bridgehead atoms. The molecular weight excluding hydrogens is 244 g/mol. The number of rotatable bonds is 1. The molecule has 0 aliphatic carbocycles. The predicted molar refractivity (Wildman–Crippen MR) is 69.4 cm³/mol. The Hall–Kier alpha value is -1.84. The quantitative estimate of drug-likeness (QED) is 0.806. The molecule has 3 rings (SSSR count). The highest BCUT2D eigenvalue weighted by Crippen LogP contribution is 2.32. The second-order valence-corrected chi connectivity index (χ2v) is 4.85. The van der Waals surface area contributed by atoms with Crippen LogP contribution in [0.5, 0.6) is 0 Å². The van der Waals surface area contributed by atoms with Crippen LogP contribution in [-0.4, -0.2) is 37.1 Å². The third-order valence-electron chi connectivity index (χ3n) is 3.57. The maximum absolute atomic E-state index is 8.99. The van der Waals surface area contributed by atoms with Gasteiger partial charge in [-0.15, -0.1) is 0 Å². The maximum Gasteiger partial charge on any atom is 0.186 e. The third kappa shape index (κ3) is 2.23. The Morgan fingerprint density at radius 1 is 1.37 bits per heavy atom. The zero-order valence-corrected chi connectivity index (χ0v) is 10.6. The van der Waals surface area contributed by atoms with Gasteiger partial charge in [0, 0.05) is 13.0 Å².